The van der Waals surface area contributed by atoms with E-state index in [0.717, 1.165) is 49.7 Å². The Morgan fingerprint density at radius 2 is 1.72 bits per heavy atom. The molecule has 2 aromatic rings. The Balaban J connectivity index is 1.16. The van der Waals surface area contributed by atoms with Crippen molar-refractivity contribution in [2.24, 2.45) is 17.8 Å². The molecule has 1 aromatic carbocycles. The van der Waals surface area contributed by atoms with Crippen molar-refractivity contribution in [2.75, 3.05) is 45.9 Å². The summed E-state index contributed by atoms with van der Waals surface area (Å²) in [5, 5.41) is 6.05. The summed E-state index contributed by atoms with van der Waals surface area (Å²) in [5.41, 5.74) is 2.68. The normalized spacial score (nSPS) is 25.6. The fourth-order valence-electron chi connectivity index (χ4n) is 5.38. The van der Waals surface area contributed by atoms with Crippen LogP contribution in [0.25, 0.3) is 0 Å². The second-order valence-electron chi connectivity index (χ2n) is 10.1. The monoisotopic (exact) mass is 492 g/mol. The minimum Gasteiger partial charge on any atom is -0.381 e. The number of likely N-dealkylation sites (tertiary alicyclic amines) is 2. The van der Waals surface area contributed by atoms with E-state index in [1.54, 1.807) is 0 Å². The third-order valence-electron chi connectivity index (χ3n) is 7.50. The van der Waals surface area contributed by atoms with Crippen LogP contribution in [0.4, 0.5) is 0 Å². The molecule has 3 nitrogen and oxygen atoms in total. The first-order valence-corrected chi connectivity index (χ1v) is 13.8. The molecule has 2 atom stereocenters. The average Bonchev–Trinajstić information content (AvgIpc) is 3.28. The molecular weight excluding hydrogens is 459 g/mol. The number of benzene rings is 1. The highest BCUT2D eigenvalue weighted by atomic mass is 35.5. The third-order valence-corrected chi connectivity index (χ3v) is 8.79. The lowest BCUT2D eigenvalue weighted by atomic mass is 9.89. The van der Waals surface area contributed by atoms with E-state index in [4.69, 9.17) is 27.9 Å². The van der Waals surface area contributed by atoms with E-state index in [1.807, 2.05) is 23.5 Å². The van der Waals surface area contributed by atoms with Crippen molar-refractivity contribution < 1.29 is 4.74 Å². The molecule has 3 aliphatic rings. The first-order chi connectivity index (χ1) is 15.6. The highest BCUT2D eigenvalue weighted by Gasteiger charge is 2.36. The topological polar surface area (TPSA) is 15.7 Å². The lowest BCUT2D eigenvalue weighted by molar-refractivity contribution is 0.0578. The first-order valence-electron chi connectivity index (χ1n) is 12.1. The predicted molar refractivity (Wildman–Crippen MR) is 135 cm³/mol. The maximum absolute atomic E-state index is 6.48. The Kier molecular flexibility index (Phi) is 7.78. The maximum Gasteiger partial charge on any atom is 0.0495 e. The van der Waals surface area contributed by atoms with E-state index in [0.29, 0.717) is 16.9 Å². The van der Waals surface area contributed by atoms with E-state index < -0.39 is 0 Å². The Morgan fingerprint density at radius 3 is 2.41 bits per heavy atom. The van der Waals surface area contributed by atoms with Crippen molar-refractivity contribution in [3.8, 4) is 0 Å². The molecule has 1 saturated carbocycles. The summed E-state index contributed by atoms with van der Waals surface area (Å²) >= 11 is 14.4. The summed E-state index contributed by atoms with van der Waals surface area (Å²) in [6.07, 6.45) is 5.33. The third kappa shape index (κ3) is 6.08. The van der Waals surface area contributed by atoms with Gasteiger partial charge in [0.15, 0.2) is 0 Å². The Morgan fingerprint density at radius 1 is 0.938 bits per heavy atom. The van der Waals surface area contributed by atoms with Crippen LogP contribution < -0.4 is 0 Å². The summed E-state index contributed by atoms with van der Waals surface area (Å²) in [6.45, 7) is 8.73. The van der Waals surface area contributed by atoms with Gasteiger partial charge in [-0.1, -0.05) is 29.3 Å². The molecule has 174 valence electrons. The number of nitrogens with zero attached hydrogens (tertiary/aromatic N) is 2. The van der Waals surface area contributed by atoms with E-state index in [9.17, 15) is 0 Å². The van der Waals surface area contributed by atoms with Crippen molar-refractivity contribution >= 4 is 34.5 Å². The number of piperidine rings is 1. The molecule has 1 aliphatic carbocycles. The van der Waals surface area contributed by atoms with Gasteiger partial charge in [-0.05, 0) is 96.6 Å². The molecule has 0 bridgehead atoms. The van der Waals surface area contributed by atoms with Crippen LogP contribution in [0.1, 0.15) is 42.7 Å². The van der Waals surface area contributed by atoms with Gasteiger partial charge in [0.2, 0.25) is 0 Å². The minimum atomic E-state index is 0.604. The van der Waals surface area contributed by atoms with Gasteiger partial charge < -0.3 is 9.64 Å². The molecule has 3 fully saturated rings. The summed E-state index contributed by atoms with van der Waals surface area (Å²) in [5.74, 6) is 2.90. The molecule has 6 heteroatoms. The number of thiophene rings is 1. The average molecular weight is 494 g/mol. The van der Waals surface area contributed by atoms with E-state index in [1.165, 1.54) is 56.4 Å². The molecule has 32 heavy (non-hydrogen) atoms. The lowest BCUT2D eigenvalue weighted by Gasteiger charge is -2.34. The van der Waals surface area contributed by atoms with Crippen molar-refractivity contribution in [1.82, 2.24) is 9.80 Å². The molecule has 1 aromatic heterocycles. The van der Waals surface area contributed by atoms with Crippen LogP contribution >= 0.6 is 34.5 Å². The second-order valence-corrected chi connectivity index (χ2v) is 11.7. The molecule has 0 N–H and O–H groups in total. The first kappa shape index (κ1) is 23.1. The highest BCUT2D eigenvalue weighted by Crippen LogP contribution is 2.36. The number of halogens is 2. The molecule has 0 spiro atoms. The zero-order valence-corrected chi connectivity index (χ0v) is 21.1. The van der Waals surface area contributed by atoms with Crippen LogP contribution in [0.2, 0.25) is 10.0 Å². The van der Waals surface area contributed by atoms with Crippen molar-refractivity contribution in [3.63, 3.8) is 0 Å². The van der Waals surface area contributed by atoms with Crippen molar-refractivity contribution in [1.29, 1.82) is 0 Å². The zero-order valence-electron chi connectivity index (χ0n) is 18.7. The van der Waals surface area contributed by atoms with E-state index >= 15 is 0 Å². The molecule has 2 aliphatic heterocycles. The highest BCUT2D eigenvalue weighted by molar-refractivity contribution is 7.08. The van der Waals surface area contributed by atoms with Gasteiger partial charge in [0.05, 0.1) is 0 Å². The molecular formula is C26H34Cl2N2OS. The summed E-state index contributed by atoms with van der Waals surface area (Å²) < 4.78 is 5.98. The number of hydrogen-bond donors (Lipinski definition) is 0. The second kappa shape index (κ2) is 10.8. The summed E-state index contributed by atoms with van der Waals surface area (Å²) in [6, 6.07) is 8.21. The van der Waals surface area contributed by atoms with Gasteiger partial charge in [-0.3, -0.25) is 4.90 Å². The Hall–Kier alpha value is -0.620. The van der Waals surface area contributed by atoms with E-state index in [-0.39, 0.29) is 0 Å². The minimum absolute atomic E-state index is 0.604. The molecule has 5 rings (SSSR count). The number of ether oxygens (including phenoxy) is 1. The van der Waals surface area contributed by atoms with Gasteiger partial charge >= 0.3 is 0 Å². The number of hydrogen-bond acceptors (Lipinski definition) is 4. The van der Waals surface area contributed by atoms with Crippen LogP contribution in [0.15, 0.2) is 35.0 Å². The van der Waals surface area contributed by atoms with E-state index in [2.05, 4.69) is 32.7 Å². The summed E-state index contributed by atoms with van der Waals surface area (Å²) in [7, 11) is 0. The predicted octanol–water partition coefficient (Wildman–Crippen LogP) is 6.41. The zero-order chi connectivity index (χ0) is 21.9. The quantitative estimate of drug-likeness (QED) is 0.402. The van der Waals surface area contributed by atoms with Gasteiger partial charge in [0, 0.05) is 55.4 Å². The van der Waals surface area contributed by atoms with Gasteiger partial charge in [0.25, 0.3) is 0 Å². The molecule has 0 amide bonds. The van der Waals surface area contributed by atoms with Gasteiger partial charge in [-0.15, -0.1) is 0 Å². The SMILES string of the molecule is Clc1ccc(CN2C[C@H](CN3CCC(COCC4CC4)CC3)[C@@H](c3ccsc3)C2)c(Cl)c1. The fourth-order valence-corrected chi connectivity index (χ4v) is 6.58. The van der Waals surface area contributed by atoms with Crippen LogP contribution in [0.3, 0.4) is 0 Å². The molecule has 2 saturated heterocycles. The summed E-state index contributed by atoms with van der Waals surface area (Å²) in [4.78, 5) is 5.29. The smallest absolute Gasteiger partial charge is 0.0495 e. The molecule has 3 heterocycles. The standard InChI is InChI=1S/C26H34Cl2N2OS/c27-24-4-3-21(26(28)11-24)12-30-14-23(25(15-30)22-7-10-32-18-22)13-29-8-5-20(6-9-29)17-31-16-19-1-2-19/h3-4,7,10-11,18-20,23,25H,1-2,5-6,8-9,12-17H2/t23-,25+/m0/s1. The molecule has 0 radical (unpaired) electrons. The van der Waals surface area contributed by atoms with Crippen LogP contribution in [0, 0.1) is 17.8 Å². The van der Waals surface area contributed by atoms with Gasteiger partial charge in [-0.2, -0.15) is 11.3 Å². The Bertz CT molecular complexity index is 865. The van der Waals surface area contributed by atoms with Crippen LogP contribution in [-0.4, -0.2) is 55.7 Å². The van der Waals surface area contributed by atoms with Crippen LogP contribution in [0.5, 0.6) is 0 Å². The Labute approximate surface area is 206 Å². The number of rotatable bonds is 9. The lowest BCUT2D eigenvalue weighted by Crippen LogP contribution is -2.39. The molecule has 0 unspecified atom stereocenters. The van der Waals surface area contributed by atoms with Gasteiger partial charge in [0.1, 0.15) is 0 Å². The van der Waals surface area contributed by atoms with Crippen LogP contribution in [-0.2, 0) is 11.3 Å². The van der Waals surface area contributed by atoms with Gasteiger partial charge in [-0.25, -0.2) is 0 Å². The maximum atomic E-state index is 6.48. The van der Waals surface area contributed by atoms with Crippen molar-refractivity contribution in [2.45, 2.75) is 38.1 Å². The fraction of sp³-hybridized carbons (Fsp3) is 0.615. The largest absolute Gasteiger partial charge is 0.381 e. The van der Waals surface area contributed by atoms with Crippen molar-refractivity contribution in [3.05, 3.63) is 56.2 Å².